The van der Waals surface area contributed by atoms with Gasteiger partial charge in [0.15, 0.2) is 0 Å². The van der Waals surface area contributed by atoms with Gasteiger partial charge in [-0.15, -0.1) is 0 Å². The van der Waals surface area contributed by atoms with E-state index in [1.54, 1.807) is 23.0 Å². The molecule has 0 fully saturated rings. The molecule has 0 saturated heterocycles. The van der Waals surface area contributed by atoms with Crippen molar-refractivity contribution in [1.29, 1.82) is 0 Å². The maximum Gasteiger partial charge on any atom is 0.265 e. The summed E-state index contributed by atoms with van der Waals surface area (Å²) in [6.45, 7) is 3.10. The SMILES string of the molecule is CC1CN(S(=O)(=O)c2ccn(C)c2)c2ccccc2CN1. The van der Waals surface area contributed by atoms with Gasteiger partial charge in [0.05, 0.1) is 5.69 Å². The van der Waals surface area contributed by atoms with Crippen LogP contribution in [0, 0.1) is 0 Å². The highest BCUT2D eigenvalue weighted by atomic mass is 32.2. The number of aromatic nitrogens is 1. The topological polar surface area (TPSA) is 54.3 Å². The third-order valence-electron chi connectivity index (χ3n) is 3.73. The van der Waals surface area contributed by atoms with E-state index in [0.29, 0.717) is 18.0 Å². The lowest BCUT2D eigenvalue weighted by atomic mass is 10.2. The highest BCUT2D eigenvalue weighted by molar-refractivity contribution is 7.92. The molecule has 1 aliphatic heterocycles. The third kappa shape index (κ3) is 2.56. The summed E-state index contributed by atoms with van der Waals surface area (Å²) in [7, 11) is -1.72. The number of para-hydroxylation sites is 1. The van der Waals surface area contributed by atoms with Crippen LogP contribution in [0.5, 0.6) is 0 Å². The van der Waals surface area contributed by atoms with Gasteiger partial charge in [-0.25, -0.2) is 8.42 Å². The minimum Gasteiger partial charge on any atom is -0.356 e. The van der Waals surface area contributed by atoms with E-state index in [1.165, 1.54) is 4.31 Å². The molecule has 3 rings (SSSR count). The molecule has 5 nitrogen and oxygen atoms in total. The Morgan fingerprint density at radius 1 is 1.24 bits per heavy atom. The maximum absolute atomic E-state index is 12.9. The van der Waals surface area contributed by atoms with Gasteiger partial charge in [-0.05, 0) is 24.6 Å². The molecule has 2 heterocycles. The summed E-state index contributed by atoms with van der Waals surface area (Å²) in [5.74, 6) is 0. The van der Waals surface area contributed by atoms with E-state index >= 15 is 0 Å². The van der Waals surface area contributed by atoms with E-state index in [-0.39, 0.29) is 6.04 Å². The Balaban J connectivity index is 2.11. The zero-order valence-electron chi connectivity index (χ0n) is 12.2. The average molecular weight is 305 g/mol. The van der Waals surface area contributed by atoms with Crippen LogP contribution in [0.3, 0.4) is 0 Å². The Labute approximate surface area is 125 Å². The van der Waals surface area contributed by atoms with Gasteiger partial charge in [-0.2, -0.15) is 0 Å². The van der Waals surface area contributed by atoms with Gasteiger partial charge in [-0.1, -0.05) is 18.2 Å². The molecule has 1 N–H and O–H groups in total. The molecule has 1 atom stereocenters. The smallest absolute Gasteiger partial charge is 0.265 e. The van der Waals surface area contributed by atoms with Crippen LogP contribution < -0.4 is 9.62 Å². The number of anilines is 1. The van der Waals surface area contributed by atoms with Crippen molar-refractivity contribution in [3.05, 3.63) is 48.3 Å². The van der Waals surface area contributed by atoms with Crippen molar-refractivity contribution >= 4 is 15.7 Å². The monoisotopic (exact) mass is 305 g/mol. The molecule has 1 aromatic heterocycles. The molecule has 0 saturated carbocycles. The highest BCUT2D eigenvalue weighted by Gasteiger charge is 2.30. The first-order valence-electron chi connectivity index (χ1n) is 6.94. The van der Waals surface area contributed by atoms with E-state index < -0.39 is 10.0 Å². The second kappa shape index (κ2) is 5.20. The van der Waals surface area contributed by atoms with Gasteiger partial charge in [0.2, 0.25) is 0 Å². The molecular formula is C15H19N3O2S. The molecule has 0 amide bonds. The molecule has 1 aromatic carbocycles. The molecule has 0 bridgehead atoms. The molecule has 0 aliphatic carbocycles. The maximum atomic E-state index is 12.9. The van der Waals surface area contributed by atoms with Crippen molar-refractivity contribution in [2.75, 3.05) is 10.8 Å². The van der Waals surface area contributed by atoms with Crippen molar-refractivity contribution in [2.24, 2.45) is 7.05 Å². The first kappa shape index (κ1) is 14.2. The van der Waals surface area contributed by atoms with E-state index in [4.69, 9.17) is 0 Å². The van der Waals surface area contributed by atoms with Gasteiger partial charge in [0.1, 0.15) is 4.90 Å². The lowest BCUT2D eigenvalue weighted by molar-refractivity contribution is 0.556. The Bertz CT molecular complexity index is 752. The fourth-order valence-corrected chi connectivity index (χ4v) is 4.23. The second-order valence-corrected chi connectivity index (χ2v) is 7.32. The molecular weight excluding hydrogens is 286 g/mol. The van der Waals surface area contributed by atoms with Crippen LogP contribution in [0.2, 0.25) is 0 Å². The predicted octanol–water partition coefficient (Wildman–Crippen LogP) is 1.71. The molecule has 6 heteroatoms. The minimum atomic E-state index is -3.54. The van der Waals surface area contributed by atoms with Crippen LogP contribution in [0.15, 0.2) is 47.6 Å². The van der Waals surface area contributed by atoms with Crippen molar-refractivity contribution < 1.29 is 8.42 Å². The number of fused-ring (bicyclic) bond motifs is 1. The van der Waals surface area contributed by atoms with Gasteiger partial charge >= 0.3 is 0 Å². The van der Waals surface area contributed by atoms with Crippen molar-refractivity contribution in [3.8, 4) is 0 Å². The number of sulfonamides is 1. The summed E-state index contributed by atoms with van der Waals surface area (Å²) in [5, 5.41) is 3.35. The number of hydrogen-bond acceptors (Lipinski definition) is 3. The fraction of sp³-hybridized carbons (Fsp3) is 0.333. The molecule has 112 valence electrons. The first-order valence-corrected chi connectivity index (χ1v) is 8.38. The van der Waals surface area contributed by atoms with Crippen LogP contribution >= 0.6 is 0 Å². The van der Waals surface area contributed by atoms with Crippen molar-refractivity contribution in [2.45, 2.75) is 24.4 Å². The van der Waals surface area contributed by atoms with Gasteiger partial charge < -0.3 is 9.88 Å². The predicted molar refractivity (Wildman–Crippen MR) is 82.7 cm³/mol. The Morgan fingerprint density at radius 2 is 2.00 bits per heavy atom. The first-order chi connectivity index (χ1) is 9.98. The largest absolute Gasteiger partial charge is 0.356 e. The standard InChI is InChI=1S/C15H19N3O2S/c1-12-10-18(15-6-4-3-5-13(15)9-16-12)21(19,20)14-7-8-17(2)11-14/h3-8,11-12,16H,9-10H2,1-2H3. The fourth-order valence-electron chi connectivity index (χ4n) is 2.58. The second-order valence-electron chi connectivity index (χ2n) is 5.46. The number of benzene rings is 1. The van der Waals surface area contributed by atoms with Crippen LogP contribution in [-0.2, 0) is 23.6 Å². The molecule has 0 radical (unpaired) electrons. The lowest BCUT2D eigenvalue weighted by Crippen LogP contribution is -2.39. The van der Waals surface area contributed by atoms with Gasteiger partial charge in [0, 0.05) is 38.6 Å². The minimum absolute atomic E-state index is 0.0934. The number of rotatable bonds is 2. The van der Waals surface area contributed by atoms with Crippen LogP contribution in [0.4, 0.5) is 5.69 Å². The molecule has 2 aromatic rings. The lowest BCUT2D eigenvalue weighted by Gasteiger charge is -2.25. The van der Waals surface area contributed by atoms with Crippen molar-refractivity contribution in [3.63, 3.8) is 0 Å². The normalized spacial score (nSPS) is 19.1. The summed E-state index contributed by atoms with van der Waals surface area (Å²) < 4.78 is 29.2. The van der Waals surface area contributed by atoms with Gasteiger partial charge in [0.25, 0.3) is 10.0 Å². The Hall–Kier alpha value is -1.79. The summed E-state index contributed by atoms with van der Waals surface area (Å²) in [6.07, 6.45) is 3.39. The van der Waals surface area contributed by atoms with Crippen LogP contribution in [0.1, 0.15) is 12.5 Å². The summed E-state index contributed by atoms with van der Waals surface area (Å²) >= 11 is 0. The molecule has 1 unspecified atom stereocenters. The zero-order chi connectivity index (χ0) is 15.0. The Morgan fingerprint density at radius 3 is 2.71 bits per heavy atom. The Kier molecular flexibility index (Phi) is 3.51. The van der Waals surface area contributed by atoms with E-state index in [9.17, 15) is 8.42 Å². The number of nitrogens with zero attached hydrogens (tertiary/aromatic N) is 2. The number of hydrogen-bond donors (Lipinski definition) is 1. The molecule has 0 spiro atoms. The van der Waals surface area contributed by atoms with E-state index in [1.807, 2.05) is 38.2 Å². The van der Waals surface area contributed by atoms with Crippen LogP contribution in [-0.4, -0.2) is 25.6 Å². The van der Waals surface area contributed by atoms with Crippen molar-refractivity contribution in [1.82, 2.24) is 9.88 Å². The summed E-state index contributed by atoms with van der Waals surface area (Å²) in [4.78, 5) is 0.328. The van der Waals surface area contributed by atoms with E-state index in [2.05, 4.69) is 5.32 Å². The quantitative estimate of drug-likeness (QED) is 0.919. The zero-order valence-corrected chi connectivity index (χ0v) is 13.0. The molecule has 1 aliphatic rings. The van der Waals surface area contributed by atoms with Gasteiger partial charge in [-0.3, -0.25) is 4.31 Å². The number of nitrogens with one attached hydrogen (secondary N) is 1. The van der Waals surface area contributed by atoms with Crippen LogP contribution in [0.25, 0.3) is 0 Å². The molecule has 21 heavy (non-hydrogen) atoms. The summed E-state index contributed by atoms with van der Waals surface area (Å²) in [5.41, 5.74) is 1.76. The highest BCUT2D eigenvalue weighted by Crippen LogP contribution is 2.29. The average Bonchev–Trinajstić information content (AvgIpc) is 2.82. The van der Waals surface area contributed by atoms with E-state index in [0.717, 1.165) is 11.3 Å². The number of aryl methyl sites for hydroxylation is 1. The summed E-state index contributed by atoms with van der Waals surface area (Å²) in [6, 6.07) is 9.38. The third-order valence-corrected chi connectivity index (χ3v) is 5.50.